The van der Waals surface area contributed by atoms with E-state index in [1.165, 1.54) is 0 Å². The molecule has 0 atom stereocenters. The van der Waals surface area contributed by atoms with Gasteiger partial charge in [-0.05, 0) is 18.2 Å². The van der Waals surface area contributed by atoms with Gasteiger partial charge in [0.1, 0.15) is 18.6 Å². The van der Waals surface area contributed by atoms with Crippen LogP contribution in [0.25, 0.3) is 0 Å². The number of carbonyl (C=O) groups excluding carboxylic acids is 1. The summed E-state index contributed by atoms with van der Waals surface area (Å²) >= 11 is 0. The van der Waals surface area contributed by atoms with Crippen molar-refractivity contribution in [1.29, 1.82) is 0 Å². The molecule has 13 heavy (non-hydrogen) atoms. The lowest BCUT2D eigenvalue weighted by Gasteiger charge is -2.07. The Balaban J connectivity index is 2.83. The molecule has 70 valence electrons. The minimum atomic E-state index is 0.395. The van der Waals surface area contributed by atoms with Crippen molar-refractivity contribution in [1.82, 2.24) is 0 Å². The Kier molecular flexibility index (Phi) is 3.28. The van der Waals surface area contributed by atoms with Crippen LogP contribution in [0.4, 0.5) is 5.69 Å². The summed E-state index contributed by atoms with van der Waals surface area (Å²) in [6, 6.07) is 4.87. The maximum absolute atomic E-state index is 10.4. The van der Waals surface area contributed by atoms with Crippen LogP contribution in [0.5, 0.6) is 5.75 Å². The van der Waals surface area contributed by atoms with E-state index in [2.05, 4.69) is 0 Å². The topological polar surface area (TPSA) is 78.3 Å². The highest BCUT2D eigenvalue weighted by molar-refractivity contribution is 5.77. The second-order valence-corrected chi connectivity index (χ2v) is 2.55. The molecule has 0 unspecified atom stereocenters. The average Bonchev–Trinajstić information content (AvgIpc) is 2.17. The molecule has 0 aliphatic heterocycles. The molecular formula is C9H12N2O2. The van der Waals surface area contributed by atoms with Crippen molar-refractivity contribution in [2.24, 2.45) is 5.73 Å². The molecule has 0 spiro atoms. The summed E-state index contributed by atoms with van der Waals surface area (Å²) in [6.45, 7) is 0.817. The maximum atomic E-state index is 10.4. The SMILES string of the molecule is NCCOc1cc(C=O)ccc1N. The number of rotatable bonds is 4. The van der Waals surface area contributed by atoms with Crippen molar-refractivity contribution >= 4 is 12.0 Å². The van der Waals surface area contributed by atoms with E-state index in [9.17, 15) is 4.79 Å². The molecule has 0 aliphatic carbocycles. The van der Waals surface area contributed by atoms with E-state index in [4.69, 9.17) is 16.2 Å². The predicted molar refractivity (Wildman–Crippen MR) is 50.8 cm³/mol. The summed E-state index contributed by atoms with van der Waals surface area (Å²) in [4.78, 5) is 10.4. The van der Waals surface area contributed by atoms with Crippen LogP contribution >= 0.6 is 0 Å². The number of aldehydes is 1. The van der Waals surface area contributed by atoms with Gasteiger partial charge in [-0.3, -0.25) is 4.79 Å². The predicted octanol–water partition coefficient (Wildman–Crippen LogP) is 0.419. The fourth-order valence-electron chi connectivity index (χ4n) is 0.918. The number of nitrogens with two attached hydrogens (primary N) is 2. The highest BCUT2D eigenvalue weighted by atomic mass is 16.5. The summed E-state index contributed by atoms with van der Waals surface area (Å²) in [5.74, 6) is 0.509. The van der Waals surface area contributed by atoms with Crippen molar-refractivity contribution in [3.8, 4) is 5.75 Å². The molecule has 1 rings (SSSR count). The summed E-state index contributed by atoms with van der Waals surface area (Å²) in [6.07, 6.45) is 0.745. The first-order valence-electron chi connectivity index (χ1n) is 3.95. The Morgan fingerprint density at radius 2 is 2.23 bits per heavy atom. The highest BCUT2D eigenvalue weighted by Crippen LogP contribution is 2.21. The van der Waals surface area contributed by atoms with Gasteiger partial charge in [0, 0.05) is 12.1 Å². The molecule has 0 fully saturated rings. The van der Waals surface area contributed by atoms with E-state index in [1.54, 1.807) is 18.2 Å². The van der Waals surface area contributed by atoms with Crippen molar-refractivity contribution in [2.75, 3.05) is 18.9 Å². The van der Waals surface area contributed by atoms with Crippen LogP contribution in [0.15, 0.2) is 18.2 Å². The van der Waals surface area contributed by atoms with E-state index in [1.807, 2.05) is 0 Å². The van der Waals surface area contributed by atoms with Gasteiger partial charge in [0.25, 0.3) is 0 Å². The van der Waals surface area contributed by atoms with E-state index >= 15 is 0 Å². The van der Waals surface area contributed by atoms with Crippen molar-refractivity contribution < 1.29 is 9.53 Å². The van der Waals surface area contributed by atoms with E-state index in [0.29, 0.717) is 30.2 Å². The highest BCUT2D eigenvalue weighted by Gasteiger charge is 2.00. The van der Waals surface area contributed by atoms with Gasteiger partial charge in [0.05, 0.1) is 5.69 Å². The van der Waals surface area contributed by atoms with E-state index in [0.717, 1.165) is 6.29 Å². The van der Waals surface area contributed by atoms with Crippen LogP contribution in [0.2, 0.25) is 0 Å². The van der Waals surface area contributed by atoms with Gasteiger partial charge in [0.15, 0.2) is 0 Å². The largest absolute Gasteiger partial charge is 0.490 e. The number of benzene rings is 1. The van der Waals surface area contributed by atoms with Crippen LogP contribution in [0.3, 0.4) is 0 Å². The molecule has 1 aromatic carbocycles. The third-order valence-electron chi connectivity index (χ3n) is 1.55. The molecule has 0 aliphatic rings. The molecule has 0 amide bonds. The Bertz CT molecular complexity index is 300. The maximum Gasteiger partial charge on any atom is 0.150 e. The lowest BCUT2D eigenvalue weighted by atomic mass is 10.2. The average molecular weight is 180 g/mol. The van der Waals surface area contributed by atoms with Gasteiger partial charge >= 0.3 is 0 Å². The zero-order valence-electron chi connectivity index (χ0n) is 7.19. The Morgan fingerprint density at radius 3 is 2.85 bits per heavy atom. The number of hydrogen-bond acceptors (Lipinski definition) is 4. The third-order valence-corrected chi connectivity index (χ3v) is 1.55. The normalized spacial score (nSPS) is 9.62. The summed E-state index contributed by atoms with van der Waals surface area (Å²) in [7, 11) is 0. The number of carbonyl (C=O) groups is 1. The van der Waals surface area contributed by atoms with Crippen LogP contribution in [0, 0.1) is 0 Å². The molecule has 0 radical (unpaired) electrons. The first-order chi connectivity index (χ1) is 6.27. The quantitative estimate of drug-likeness (QED) is 0.520. The zero-order valence-corrected chi connectivity index (χ0v) is 7.19. The molecule has 1 aromatic rings. The van der Waals surface area contributed by atoms with Crippen molar-refractivity contribution in [2.45, 2.75) is 0 Å². The number of ether oxygens (including phenoxy) is 1. The van der Waals surface area contributed by atoms with E-state index < -0.39 is 0 Å². The first-order valence-corrected chi connectivity index (χ1v) is 3.95. The Labute approximate surface area is 76.5 Å². The molecule has 4 heteroatoms. The number of nitrogen functional groups attached to an aromatic ring is 1. The van der Waals surface area contributed by atoms with Crippen LogP contribution in [0.1, 0.15) is 10.4 Å². The van der Waals surface area contributed by atoms with Gasteiger partial charge < -0.3 is 16.2 Å². The fraction of sp³-hybridized carbons (Fsp3) is 0.222. The molecular weight excluding hydrogens is 168 g/mol. The molecule has 0 aromatic heterocycles. The molecule has 0 heterocycles. The summed E-state index contributed by atoms with van der Waals surface area (Å²) in [5, 5.41) is 0. The Hall–Kier alpha value is -1.55. The third kappa shape index (κ3) is 2.45. The van der Waals surface area contributed by atoms with Crippen LogP contribution < -0.4 is 16.2 Å². The van der Waals surface area contributed by atoms with Crippen molar-refractivity contribution in [3.63, 3.8) is 0 Å². The lowest BCUT2D eigenvalue weighted by molar-refractivity contribution is 0.112. The van der Waals surface area contributed by atoms with Gasteiger partial charge in [-0.1, -0.05) is 0 Å². The fourth-order valence-corrected chi connectivity index (χ4v) is 0.918. The van der Waals surface area contributed by atoms with Gasteiger partial charge in [-0.25, -0.2) is 0 Å². The summed E-state index contributed by atoms with van der Waals surface area (Å²) in [5.41, 5.74) is 11.9. The zero-order chi connectivity index (χ0) is 9.68. The second-order valence-electron chi connectivity index (χ2n) is 2.55. The smallest absolute Gasteiger partial charge is 0.150 e. The minimum Gasteiger partial charge on any atom is -0.490 e. The molecule has 0 bridgehead atoms. The molecule has 4 N–H and O–H groups in total. The molecule has 0 saturated heterocycles. The number of anilines is 1. The molecule has 0 saturated carbocycles. The number of hydrogen-bond donors (Lipinski definition) is 2. The molecule has 4 nitrogen and oxygen atoms in total. The van der Waals surface area contributed by atoms with Crippen LogP contribution in [-0.4, -0.2) is 19.4 Å². The van der Waals surface area contributed by atoms with Gasteiger partial charge in [-0.15, -0.1) is 0 Å². The minimum absolute atomic E-state index is 0.395. The standard InChI is InChI=1S/C9H12N2O2/c10-3-4-13-9-5-7(6-12)1-2-8(9)11/h1-2,5-6H,3-4,10-11H2. The first kappa shape index (κ1) is 9.54. The monoisotopic (exact) mass is 180 g/mol. The van der Waals surface area contributed by atoms with Crippen LogP contribution in [-0.2, 0) is 0 Å². The van der Waals surface area contributed by atoms with Gasteiger partial charge in [-0.2, -0.15) is 0 Å². The summed E-state index contributed by atoms with van der Waals surface area (Å²) < 4.78 is 5.22. The second kappa shape index (κ2) is 4.47. The Morgan fingerprint density at radius 1 is 1.46 bits per heavy atom. The van der Waals surface area contributed by atoms with E-state index in [-0.39, 0.29) is 0 Å². The lowest BCUT2D eigenvalue weighted by Crippen LogP contribution is -2.11. The van der Waals surface area contributed by atoms with Crippen molar-refractivity contribution in [3.05, 3.63) is 23.8 Å². The van der Waals surface area contributed by atoms with Gasteiger partial charge in [0.2, 0.25) is 0 Å².